The SMILES string of the molecule is N#Cc1cc([N+](=O)[O-])ccc1NC(=O)c1ccn(COc2ccccc2[N+](=O)[O-])n1. The molecule has 0 atom stereocenters. The van der Waals surface area contributed by atoms with Crippen LogP contribution in [0.25, 0.3) is 0 Å². The lowest BCUT2D eigenvalue weighted by Crippen LogP contribution is -2.15. The van der Waals surface area contributed by atoms with E-state index in [1.807, 2.05) is 0 Å². The van der Waals surface area contributed by atoms with Crippen molar-refractivity contribution in [2.75, 3.05) is 5.32 Å². The van der Waals surface area contributed by atoms with Crippen molar-refractivity contribution in [1.29, 1.82) is 5.26 Å². The Kier molecular flexibility index (Phi) is 5.64. The van der Waals surface area contributed by atoms with Crippen molar-refractivity contribution < 1.29 is 19.4 Å². The van der Waals surface area contributed by atoms with E-state index >= 15 is 0 Å². The molecule has 1 amide bonds. The predicted molar refractivity (Wildman–Crippen MR) is 102 cm³/mol. The Labute approximate surface area is 168 Å². The van der Waals surface area contributed by atoms with E-state index in [4.69, 9.17) is 10.00 Å². The zero-order valence-corrected chi connectivity index (χ0v) is 15.1. The monoisotopic (exact) mass is 408 g/mol. The first kappa shape index (κ1) is 20.0. The Balaban J connectivity index is 1.69. The largest absolute Gasteiger partial charge is 0.464 e. The number of para-hydroxylation sites is 2. The van der Waals surface area contributed by atoms with E-state index in [2.05, 4.69) is 10.4 Å². The quantitative estimate of drug-likeness (QED) is 0.460. The minimum Gasteiger partial charge on any atom is -0.464 e. The van der Waals surface area contributed by atoms with E-state index in [9.17, 15) is 25.0 Å². The van der Waals surface area contributed by atoms with Crippen LogP contribution in [-0.4, -0.2) is 25.5 Å². The third-order valence-electron chi connectivity index (χ3n) is 3.87. The number of aromatic nitrogens is 2. The van der Waals surface area contributed by atoms with Crippen LogP contribution < -0.4 is 10.1 Å². The number of non-ortho nitro benzene ring substituents is 1. The van der Waals surface area contributed by atoms with Crippen LogP contribution in [0.2, 0.25) is 0 Å². The number of rotatable bonds is 7. The summed E-state index contributed by atoms with van der Waals surface area (Å²) in [6.07, 6.45) is 1.44. The third kappa shape index (κ3) is 4.37. The summed E-state index contributed by atoms with van der Waals surface area (Å²) in [5.41, 5.74) is -0.468. The van der Waals surface area contributed by atoms with Crippen LogP contribution >= 0.6 is 0 Å². The summed E-state index contributed by atoms with van der Waals surface area (Å²) in [5.74, 6) is -0.599. The number of hydrogen-bond donors (Lipinski definition) is 1. The van der Waals surface area contributed by atoms with Crippen molar-refractivity contribution in [3.05, 3.63) is 86.2 Å². The molecule has 1 N–H and O–H groups in total. The molecule has 0 spiro atoms. The van der Waals surface area contributed by atoms with Crippen LogP contribution in [-0.2, 0) is 6.73 Å². The molecule has 0 unspecified atom stereocenters. The van der Waals surface area contributed by atoms with Crippen LogP contribution in [0.15, 0.2) is 54.7 Å². The fourth-order valence-corrected chi connectivity index (χ4v) is 2.45. The van der Waals surface area contributed by atoms with Gasteiger partial charge in [0, 0.05) is 24.4 Å². The summed E-state index contributed by atoms with van der Waals surface area (Å²) in [6.45, 7) is -0.181. The van der Waals surface area contributed by atoms with Crippen molar-refractivity contribution in [2.45, 2.75) is 6.73 Å². The van der Waals surface area contributed by atoms with Gasteiger partial charge in [-0.1, -0.05) is 12.1 Å². The number of nitro groups is 2. The average molecular weight is 408 g/mol. The number of nitro benzene ring substituents is 2. The van der Waals surface area contributed by atoms with Gasteiger partial charge >= 0.3 is 5.69 Å². The molecule has 0 bridgehead atoms. The first-order valence-corrected chi connectivity index (χ1v) is 8.28. The minimum absolute atomic E-state index is 0.0107. The summed E-state index contributed by atoms with van der Waals surface area (Å²) in [6, 6.07) is 12.5. The number of nitriles is 1. The molecular formula is C18H12N6O6. The lowest BCUT2D eigenvalue weighted by molar-refractivity contribution is -0.386. The van der Waals surface area contributed by atoms with Crippen molar-refractivity contribution in [2.24, 2.45) is 0 Å². The molecule has 12 heteroatoms. The highest BCUT2D eigenvalue weighted by Crippen LogP contribution is 2.26. The number of amides is 1. The Hall–Kier alpha value is -4.79. The third-order valence-corrected chi connectivity index (χ3v) is 3.87. The molecular weight excluding hydrogens is 396 g/mol. The lowest BCUT2D eigenvalue weighted by Gasteiger charge is -2.07. The molecule has 30 heavy (non-hydrogen) atoms. The molecule has 12 nitrogen and oxygen atoms in total. The van der Waals surface area contributed by atoms with Crippen LogP contribution in [0.1, 0.15) is 16.1 Å². The normalized spacial score (nSPS) is 10.1. The molecule has 3 aromatic rings. The highest BCUT2D eigenvalue weighted by Gasteiger charge is 2.17. The molecule has 0 radical (unpaired) electrons. The van der Waals surface area contributed by atoms with Gasteiger partial charge in [-0.15, -0.1) is 0 Å². The number of benzene rings is 2. The van der Waals surface area contributed by atoms with Gasteiger partial charge in [0.1, 0.15) is 6.07 Å². The number of nitrogens with zero attached hydrogens (tertiary/aromatic N) is 5. The lowest BCUT2D eigenvalue weighted by atomic mass is 10.1. The van der Waals surface area contributed by atoms with Gasteiger partial charge in [-0.05, 0) is 18.2 Å². The fraction of sp³-hybridized carbons (Fsp3) is 0.0556. The number of anilines is 1. The number of nitrogens with one attached hydrogen (secondary N) is 1. The number of carbonyl (C=O) groups excluding carboxylic acids is 1. The molecule has 0 saturated carbocycles. The summed E-state index contributed by atoms with van der Waals surface area (Å²) < 4.78 is 6.64. The second-order valence-electron chi connectivity index (χ2n) is 5.79. The highest BCUT2D eigenvalue weighted by molar-refractivity contribution is 6.03. The van der Waals surface area contributed by atoms with E-state index in [-0.39, 0.29) is 40.8 Å². The summed E-state index contributed by atoms with van der Waals surface area (Å²) in [4.78, 5) is 32.9. The van der Waals surface area contributed by atoms with Gasteiger partial charge in [0.25, 0.3) is 11.6 Å². The minimum atomic E-state index is -0.648. The second-order valence-corrected chi connectivity index (χ2v) is 5.79. The van der Waals surface area contributed by atoms with E-state index < -0.39 is 15.8 Å². The highest BCUT2D eigenvalue weighted by atomic mass is 16.6. The van der Waals surface area contributed by atoms with Crippen molar-refractivity contribution in [3.63, 3.8) is 0 Å². The van der Waals surface area contributed by atoms with Gasteiger partial charge in [-0.3, -0.25) is 25.0 Å². The Bertz CT molecular complexity index is 1180. The van der Waals surface area contributed by atoms with Crippen LogP contribution in [0, 0.1) is 31.6 Å². The Morgan fingerprint density at radius 1 is 1.17 bits per heavy atom. The van der Waals surface area contributed by atoms with Gasteiger partial charge in [-0.2, -0.15) is 10.4 Å². The van der Waals surface area contributed by atoms with Gasteiger partial charge in [0.15, 0.2) is 18.2 Å². The molecule has 0 fully saturated rings. The van der Waals surface area contributed by atoms with Crippen molar-refractivity contribution >= 4 is 23.0 Å². The van der Waals surface area contributed by atoms with E-state index in [1.165, 1.54) is 41.2 Å². The van der Waals surface area contributed by atoms with E-state index in [0.29, 0.717) is 0 Å². The maximum Gasteiger partial charge on any atom is 0.311 e. The number of hydrogen-bond acceptors (Lipinski definition) is 8. The average Bonchev–Trinajstić information content (AvgIpc) is 3.21. The van der Waals surface area contributed by atoms with Crippen LogP contribution in [0.4, 0.5) is 17.1 Å². The molecule has 0 aliphatic rings. The summed E-state index contributed by atoms with van der Waals surface area (Å²) in [5, 5.41) is 37.4. The molecule has 2 aromatic carbocycles. The van der Waals surface area contributed by atoms with Crippen LogP contribution in [0.5, 0.6) is 5.75 Å². The molecule has 1 heterocycles. The maximum atomic E-state index is 12.4. The standard InChI is InChI=1S/C18H12N6O6/c19-10-12-9-13(23(26)27)5-6-14(12)20-18(25)15-7-8-22(21-15)11-30-17-4-2-1-3-16(17)24(28)29/h1-9H,11H2,(H,20,25). The summed E-state index contributed by atoms with van der Waals surface area (Å²) in [7, 11) is 0. The molecule has 150 valence electrons. The summed E-state index contributed by atoms with van der Waals surface area (Å²) >= 11 is 0. The first-order valence-electron chi connectivity index (χ1n) is 8.28. The van der Waals surface area contributed by atoms with Gasteiger partial charge in [0.05, 0.1) is 21.1 Å². The molecule has 3 rings (SSSR count). The van der Waals surface area contributed by atoms with Gasteiger partial charge in [-0.25, -0.2) is 4.68 Å². The van der Waals surface area contributed by atoms with Crippen LogP contribution in [0.3, 0.4) is 0 Å². The molecule has 0 saturated heterocycles. The van der Waals surface area contributed by atoms with Crippen molar-refractivity contribution in [1.82, 2.24) is 9.78 Å². The number of carbonyl (C=O) groups is 1. The zero-order chi connectivity index (χ0) is 21.7. The predicted octanol–water partition coefficient (Wildman–Crippen LogP) is 2.86. The maximum absolute atomic E-state index is 12.4. The smallest absolute Gasteiger partial charge is 0.311 e. The first-order chi connectivity index (χ1) is 14.4. The molecule has 1 aromatic heterocycles. The Morgan fingerprint density at radius 2 is 1.93 bits per heavy atom. The zero-order valence-electron chi connectivity index (χ0n) is 15.1. The fourth-order valence-electron chi connectivity index (χ4n) is 2.45. The van der Waals surface area contributed by atoms with Crippen molar-refractivity contribution in [3.8, 4) is 11.8 Å². The Morgan fingerprint density at radius 3 is 2.63 bits per heavy atom. The topological polar surface area (TPSA) is 166 Å². The van der Waals surface area contributed by atoms with Gasteiger partial charge < -0.3 is 10.1 Å². The van der Waals surface area contributed by atoms with E-state index in [1.54, 1.807) is 12.1 Å². The molecule has 0 aliphatic heterocycles. The number of ether oxygens (including phenoxy) is 1. The molecule has 0 aliphatic carbocycles. The van der Waals surface area contributed by atoms with Gasteiger partial charge in [0.2, 0.25) is 0 Å². The van der Waals surface area contributed by atoms with E-state index in [0.717, 1.165) is 12.1 Å². The second kappa shape index (κ2) is 8.48.